The molecule has 0 aromatic heterocycles. The molecule has 0 fully saturated rings. The van der Waals surface area contributed by atoms with Crippen LogP contribution in [0.25, 0.3) is 0 Å². The van der Waals surface area contributed by atoms with E-state index < -0.39 is 5.41 Å². The molecule has 0 spiro atoms. The van der Waals surface area contributed by atoms with Crippen molar-refractivity contribution in [3.8, 4) is 0 Å². The average molecular weight is 234 g/mol. The van der Waals surface area contributed by atoms with Crippen LogP contribution in [0.5, 0.6) is 0 Å². The van der Waals surface area contributed by atoms with Gasteiger partial charge >= 0.3 is 0 Å². The van der Waals surface area contributed by atoms with Gasteiger partial charge in [0, 0.05) is 12.2 Å². The summed E-state index contributed by atoms with van der Waals surface area (Å²) in [6, 6.07) is 0. The number of ketones is 1. The first-order valence-corrected chi connectivity index (χ1v) is 5.42. The summed E-state index contributed by atoms with van der Waals surface area (Å²) in [6.45, 7) is 7.51. The van der Waals surface area contributed by atoms with Crippen LogP contribution in [-0.4, -0.2) is 20.0 Å². The molecule has 0 N–H and O–H groups in total. The van der Waals surface area contributed by atoms with Crippen molar-refractivity contribution in [3.05, 3.63) is 49.0 Å². The molecular weight excluding hydrogens is 216 g/mol. The van der Waals surface area contributed by atoms with E-state index in [2.05, 4.69) is 13.2 Å². The fourth-order valence-electron chi connectivity index (χ4n) is 2.18. The lowest BCUT2D eigenvalue weighted by Crippen LogP contribution is -2.31. The van der Waals surface area contributed by atoms with Crippen molar-refractivity contribution in [2.24, 2.45) is 5.41 Å². The van der Waals surface area contributed by atoms with Gasteiger partial charge in [-0.25, -0.2) is 0 Å². The molecule has 3 nitrogen and oxygen atoms in total. The Labute approximate surface area is 102 Å². The van der Waals surface area contributed by atoms with Crippen LogP contribution in [0.3, 0.4) is 0 Å². The molecule has 0 saturated heterocycles. The molecule has 1 aliphatic carbocycles. The van der Waals surface area contributed by atoms with E-state index in [1.807, 2.05) is 0 Å². The van der Waals surface area contributed by atoms with E-state index in [-0.39, 0.29) is 5.78 Å². The highest BCUT2D eigenvalue weighted by molar-refractivity contribution is 6.01. The minimum atomic E-state index is -0.485. The molecular formula is C14H18O3. The number of methoxy groups -OCH3 is 2. The first kappa shape index (κ1) is 13.3. The second kappa shape index (κ2) is 5.53. The van der Waals surface area contributed by atoms with E-state index in [9.17, 15) is 4.79 Å². The average Bonchev–Trinajstić information content (AvgIpc) is 2.32. The first-order valence-electron chi connectivity index (χ1n) is 5.42. The lowest BCUT2D eigenvalue weighted by Gasteiger charge is -2.36. The van der Waals surface area contributed by atoms with Crippen molar-refractivity contribution in [1.29, 1.82) is 0 Å². The Kier molecular flexibility index (Phi) is 4.32. The van der Waals surface area contributed by atoms with Gasteiger partial charge in [0.05, 0.1) is 19.6 Å². The number of ether oxygens (including phenoxy) is 2. The third kappa shape index (κ3) is 2.33. The largest absolute Gasteiger partial charge is 0.500 e. The van der Waals surface area contributed by atoms with Gasteiger partial charge in [-0.05, 0) is 12.8 Å². The summed E-state index contributed by atoms with van der Waals surface area (Å²) in [6.07, 6.45) is 7.83. The monoisotopic (exact) mass is 234 g/mol. The van der Waals surface area contributed by atoms with E-state index in [0.29, 0.717) is 24.4 Å². The van der Waals surface area contributed by atoms with Crippen LogP contribution in [0.15, 0.2) is 49.0 Å². The number of hydrogen-bond acceptors (Lipinski definition) is 3. The molecule has 0 unspecified atom stereocenters. The molecule has 0 radical (unpaired) electrons. The first-order chi connectivity index (χ1) is 8.14. The highest BCUT2D eigenvalue weighted by Gasteiger charge is 2.41. The molecule has 0 amide bonds. The van der Waals surface area contributed by atoms with Gasteiger partial charge < -0.3 is 9.47 Å². The van der Waals surface area contributed by atoms with Gasteiger partial charge in [-0.2, -0.15) is 0 Å². The molecule has 0 bridgehead atoms. The van der Waals surface area contributed by atoms with Crippen molar-refractivity contribution in [2.45, 2.75) is 12.8 Å². The molecule has 0 aromatic carbocycles. The number of carbonyl (C=O) groups is 1. The predicted molar refractivity (Wildman–Crippen MR) is 67.3 cm³/mol. The van der Waals surface area contributed by atoms with Crippen molar-refractivity contribution in [3.63, 3.8) is 0 Å². The molecule has 92 valence electrons. The maximum absolute atomic E-state index is 11.5. The molecule has 0 aliphatic heterocycles. The minimum absolute atomic E-state index is 0.123. The summed E-state index contributed by atoms with van der Waals surface area (Å²) < 4.78 is 10.7. The lowest BCUT2D eigenvalue weighted by atomic mass is 9.74. The normalized spacial score (nSPS) is 17.9. The number of allylic oxidation sites excluding steroid dienone is 4. The van der Waals surface area contributed by atoms with Gasteiger partial charge in [0.15, 0.2) is 5.78 Å². The smallest absolute Gasteiger partial charge is 0.185 e. The molecule has 17 heavy (non-hydrogen) atoms. The molecule has 0 heterocycles. The lowest BCUT2D eigenvalue weighted by molar-refractivity contribution is -0.111. The highest BCUT2D eigenvalue weighted by atomic mass is 16.5. The Morgan fingerprint density at radius 1 is 1.12 bits per heavy atom. The Hall–Kier alpha value is -1.77. The topological polar surface area (TPSA) is 35.5 Å². The number of rotatable bonds is 6. The summed E-state index contributed by atoms with van der Waals surface area (Å²) in [4.78, 5) is 11.5. The third-order valence-corrected chi connectivity index (χ3v) is 2.92. The summed E-state index contributed by atoms with van der Waals surface area (Å²) in [5.74, 6) is 1.07. The van der Waals surface area contributed by atoms with Gasteiger partial charge in [0.1, 0.15) is 11.5 Å². The second-order valence-electron chi connectivity index (χ2n) is 3.90. The van der Waals surface area contributed by atoms with Crippen LogP contribution >= 0.6 is 0 Å². The Morgan fingerprint density at radius 2 is 1.53 bits per heavy atom. The fourth-order valence-corrected chi connectivity index (χ4v) is 2.18. The van der Waals surface area contributed by atoms with Crippen molar-refractivity contribution in [1.82, 2.24) is 0 Å². The molecule has 3 heteroatoms. The highest BCUT2D eigenvalue weighted by Crippen LogP contribution is 2.45. The van der Waals surface area contributed by atoms with Crippen LogP contribution in [-0.2, 0) is 14.3 Å². The van der Waals surface area contributed by atoms with Gasteiger partial charge in [0.25, 0.3) is 0 Å². The molecule has 0 saturated carbocycles. The van der Waals surface area contributed by atoms with E-state index in [4.69, 9.17) is 9.47 Å². The van der Waals surface area contributed by atoms with Crippen LogP contribution in [0, 0.1) is 5.41 Å². The Bertz CT molecular complexity index is 352. The third-order valence-electron chi connectivity index (χ3n) is 2.92. The minimum Gasteiger partial charge on any atom is -0.500 e. The van der Waals surface area contributed by atoms with E-state index in [1.54, 1.807) is 26.4 Å². The van der Waals surface area contributed by atoms with Gasteiger partial charge in [-0.1, -0.05) is 12.2 Å². The van der Waals surface area contributed by atoms with Gasteiger partial charge in [-0.15, -0.1) is 13.2 Å². The zero-order valence-electron chi connectivity index (χ0n) is 10.4. The summed E-state index contributed by atoms with van der Waals surface area (Å²) in [5, 5.41) is 0. The summed E-state index contributed by atoms with van der Waals surface area (Å²) >= 11 is 0. The van der Waals surface area contributed by atoms with Crippen molar-refractivity contribution in [2.75, 3.05) is 14.2 Å². The maximum Gasteiger partial charge on any atom is 0.185 e. The van der Waals surface area contributed by atoms with Crippen molar-refractivity contribution >= 4 is 5.78 Å². The van der Waals surface area contributed by atoms with E-state index in [1.165, 1.54) is 12.2 Å². The molecule has 0 aromatic rings. The molecule has 1 aliphatic rings. The predicted octanol–water partition coefficient (Wildman–Crippen LogP) is 2.77. The number of hydrogen-bond donors (Lipinski definition) is 0. The quantitative estimate of drug-likeness (QED) is 0.663. The zero-order chi connectivity index (χ0) is 12.9. The number of carbonyl (C=O) groups excluding carboxylic acids is 1. The molecule has 1 rings (SSSR count). The SMILES string of the molecule is C=CCC1(CC=C)C(OC)=CC(=O)C=C1OC. The van der Waals surface area contributed by atoms with Crippen LogP contribution < -0.4 is 0 Å². The zero-order valence-corrected chi connectivity index (χ0v) is 10.4. The molecule has 0 atom stereocenters. The summed E-state index contributed by atoms with van der Waals surface area (Å²) in [5.41, 5.74) is -0.485. The van der Waals surface area contributed by atoms with Crippen molar-refractivity contribution < 1.29 is 14.3 Å². The second-order valence-corrected chi connectivity index (χ2v) is 3.90. The maximum atomic E-state index is 11.5. The Morgan fingerprint density at radius 3 is 1.82 bits per heavy atom. The Balaban J connectivity index is 3.31. The van der Waals surface area contributed by atoms with Crippen LogP contribution in [0.4, 0.5) is 0 Å². The fraction of sp³-hybridized carbons (Fsp3) is 0.357. The van der Waals surface area contributed by atoms with Gasteiger partial charge in [0.2, 0.25) is 0 Å². The van der Waals surface area contributed by atoms with Gasteiger partial charge in [-0.3, -0.25) is 4.79 Å². The van der Waals surface area contributed by atoms with Crippen LogP contribution in [0.1, 0.15) is 12.8 Å². The van der Waals surface area contributed by atoms with Crippen LogP contribution in [0.2, 0.25) is 0 Å². The standard InChI is InChI=1S/C14H18O3/c1-5-7-14(8-6-2)12(16-3)9-11(15)10-13(14)17-4/h5-6,9-10H,1-2,7-8H2,3-4H3. The van der Waals surface area contributed by atoms with E-state index >= 15 is 0 Å². The summed E-state index contributed by atoms with van der Waals surface area (Å²) in [7, 11) is 3.11. The van der Waals surface area contributed by atoms with E-state index in [0.717, 1.165) is 0 Å².